The number of benzene rings is 1. The summed E-state index contributed by atoms with van der Waals surface area (Å²) in [6.07, 6.45) is 1.76. The molecule has 1 fully saturated rings. The molecule has 3 nitrogen and oxygen atoms in total. The van der Waals surface area contributed by atoms with Gasteiger partial charge in [0.05, 0.1) is 0 Å². The van der Waals surface area contributed by atoms with Crippen molar-refractivity contribution in [3.8, 4) is 0 Å². The van der Waals surface area contributed by atoms with Gasteiger partial charge in [-0.1, -0.05) is 30.3 Å². The lowest BCUT2D eigenvalue weighted by molar-refractivity contribution is -0.119. The van der Waals surface area contributed by atoms with Crippen molar-refractivity contribution in [2.75, 3.05) is 6.54 Å². The van der Waals surface area contributed by atoms with E-state index in [1.54, 1.807) is 6.92 Å². The predicted molar refractivity (Wildman–Crippen MR) is 58.7 cm³/mol. The Kier molecular flexibility index (Phi) is 4.54. The molecular formula is C12H15NO2. The van der Waals surface area contributed by atoms with Crippen molar-refractivity contribution in [2.24, 2.45) is 0 Å². The molecule has 0 aliphatic carbocycles. The molecular weight excluding hydrogens is 190 g/mol. The monoisotopic (exact) mass is 205 g/mol. The minimum absolute atomic E-state index is 0.121. The zero-order valence-electron chi connectivity index (χ0n) is 8.82. The number of hydrogen-bond donors (Lipinski definition) is 1. The van der Waals surface area contributed by atoms with Crippen LogP contribution in [0.2, 0.25) is 0 Å². The Hall–Kier alpha value is -1.64. The van der Waals surface area contributed by atoms with Crippen LogP contribution in [-0.2, 0) is 4.79 Å². The Morgan fingerprint density at radius 3 is 2.20 bits per heavy atom. The number of hydrogen-bond acceptors (Lipinski definition) is 2. The molecule has 1 aliphatic heterocycles. The zero-order valence-corrected chi connectivity index (χ0v) is 8.82. The molecule has 0 radical (unpaired) electrons. The van der Waals surface area contributed by atoms with Crippen molar-refractivity contribution in [3.05, 3.63) is 35.9 Å². The van der Waals surface area contributed by atoms with Crippen LogP contribution in [0.15, 0.2) is 30.3 Å². The van der Waals surface area contributed by atoms with Gasteiger partial charge in [-0.25, -0.2) is 0 Å². The van der Waals surface area contributed by atoms with E-state index < -0.39 is 0 Å². The molecule has 1 aromatic carbocycles. The number of nitrogens with one attached hydrogen (secondary N) is 1. The second-order valence-electron chi connectivity index (χ2n) is 3.38. The Morgan fingerprint density at radius 2 is 1.93 bits per heavy atom. The van der Waals surface area contributed by atoms with Crippen LogP contribution >= 0.6 is 0 Å². The first kappa shape index (κ1) is 11.4. The second-order valence-corrected chi connectivity index (χ2v) is 3.38. The largest absolute Gasteiger partial charge is 0.356 e. The van der Waals surface area contributed by atoms with Crippen molar-refractivity contribution >= 4 is 11.7 Å². The topological polar surface area (TPSA) is 46.2 Å². The minimum atomic E-state index is 0.121. The Balaban J connectivity index is 0.000000162. The second kappa shape index (κ2) is 5.96. The molecule has 1 amide bonds. The molecule has 1 aromatic rings. The van der Waals surface area contributed by atoms with E-state index in [-0.39, 0.29) is 11.7 Å². The molecule has 0 aromatic heterocycles. The van der Waals surface area contributed by atoms with E-state index in [1.807, 2.05) is 30.3 Å². The van der Waals surface area contributed by atoms with Gasteiger partial charge in [0.25, 0.3) is 0 Å². The van der Waals surface area contributed by atoms with Gasteiger partial charge in [0.1, 0.15) is 0 Å². The fourth-order valence-corrected chi connectivity index (χ4v) is 1.24. The van der Waals surface area contributed by atoms with E-state index in [2.05, 4.69) is 5.32 Å². The van der Waals surface area contributed by atoms with E-state index in [0.29, 0.717) is 0 Å². The number of rotatable bonds is 1. The van der Waals surface area contributed by atoms with Crippen molar-refractivity contribution in [1.29, 1.82) is 0 Å². The van der Waals surface area contributed by atoms with Gasteiger partial charge in [-0.3, -0.25) is 9.59 Å². The fraction of sp³-hybridized carbons (Fsp3) is 0.333. The van der Waals surface area contributed by atoms with Crippen LogP contribution < -0.4 is 5.32 Å². The zero-order chi connectivity index (χ0) is 11.1. The molecule has 15 heavy (non-hydrogen) atoms. The van der Waals surface area contributed by atoms with Crippen molar-refractivity contribution in [1.82, 2.24) is 5.32 Å². The van der Waals surface area contributed by atoms with Crippen LogP contribution in [0, 0.1) is 0 Å². The van der Waals surface area contributed by atoms with E-state index >= 15 is 0 Å². The van der Waals surface area contributed by atoms with Crippen LogP contribution in [0.1, 0.15) is 30.1 Å². The lowest BCUT2D eigenvalue weighted by Crippen LogP contribution is -2.12. The molecule has 1 aliphatic rings. The lowest BCUT2D eigenvalue weighted by Gasteiger charge is -1.89. The SMILES string of the molecule is CC(=O)c1ccccc1.O=C1CCCN1. The number of amides is 1. The number of carbonyl (C=O) groups is 2. The summed E-state index contributed by atoms with van der Waals surface area (Å²) in [6, 6.07) is 9.23. The summed E-state index contributed by atoms with van der Waals surface area (Å²) < 4.78 is 0. The van der Waals surface area contributed by atoms with Crippen molar-refractivity contribution in [2.45, 2.75) is 19.8 Å². The molecule has 3 heteroatoms. The van der Waals surface area contributed by atoms with Crippen LogP contribution in [-0.4, -0.2) is 18.2 Å². The first-order chi connectivity index (χ1) is 7.20. The highest BCUT2D eigenvalue weighted by atomic mass is 16.1. The van der Waals surface area contributed by atoms with E-state index in [0.717, 1.165) is 24.9 Å². The quantitative estimate of drug-likeness (QED) is 0.710. The lowest BCUT2D eigenvalue weighted by atomic mass is 10.2. The van der Waals surface area contributed by atoms with Gasteiger partial charge >= 0.3 is 0 Å². The van der Waals surface area contributed by atoms with Gasteiger partial charge in [-0.2, -0.15) is 0 Å². The molecule has 0 saturated carbocycles. The molecule has 1 saturated heterocycles. The van der Waals surface area contributed by atoms with E-state index in [1.165, 1.54) is 0 Å². The van der Waals surface area contributed by atoms with Crippen LogP contribution in [0.25, 0.3) is 0 Å². The summed E-state index contributed by atoms with van der Waals surface area (Å²) in [5.41, 5.74) is 0.775. The molecule has 0 unspecified atom stereocenters. The Labute approximate surface area is 89.5 Å². The molecule has 1 N–H and O–H groups in total. The predicted octanol–water partition coefficient (Wildman–Crippen LogP) is 1.79. The maximum Gasteiger partial charge on any atom is 0.220 e. The highest BCUT2D eigenvalue weighted by molar-refractivity contribution is 5.93. The third-order valence-corrected chi connectivity index (χ3v) is 2.08. The summed E-state index contributed by atoms with van der Waals surface area (Å²) in [6.45, 7) is 2.45. The highest BCUT2D eigenvalue weighted by Crippen LogP contribution is 1.97. The van der Waals surface area contributed by atoms with Gasteiger partial charge in [0.15, 0.2) is 5.78 Å². The molecule has 0 atom stereocenters. The maximum atomic E-state index is 10.6. The molecule has 0 bridgehead atoms. The van der Waals surface area contributed by atoms with Crippen molar-refractivity contribution in [3.63, 3.8) is 0 Å². The first-order valence-electron chi connectivity index (χ1n) is 5.03. The average molecular weight is 205 g/mol. The van der Waals surface area contributed by atoms with Gasteiger partial charge < -0.3 is 5.32 Å². The van der Waals surface area contributed by atoms with E-state index in [9.17, 15) is 9.59 Å². The van der Waals surface area contributed by atoms with Crippen LogP contribution in [0.3, 0.4) is 0 Å². The minimum Gasteiger partial charge on any atom is -0.356 e. The number of ketones is 1. The smallest absolute Gasteiger partial charge is 0.220 e. The third-order valence-electron chi connectivity index (χ3n) is 2.08. The molecule has 1 heterocycles. The highest BCUT2D eigenvalue weighted by Gasteiger charge is 2.05. The fourth-order valence-electron chi connectivity index (χ4n) is 1.24. The standard InChI is InChI=1S/C8H8O.C4H7NO/c1-7(9)8-5-3-2-4-6-8;6-4-2-1-3-5-4/h2-6H,1H3;1-3H2,(H,5,6). The van der Waals surface area contributed by atoms with Crippen LogP contribution in [0.5, 0.6) is 0 Å². The Morgan fingerprint density at radius 1 is 1.27 bits per heavy atom. The summed E-state index contributed by atoms with van der Waals surface area (Å²) in [5.74, 6) is 0.325. The first-order valence-corrected chi connectivity index (χ1v) is 5.03. The normalized spacial score (nSPS) is 13.8. The number of carbonyl (C=O) groups excluding carboxylic acids is 2. The van der Waals surface area contributed by atoms with Gasteiger partial charge in [0.2, 0.25) is 5.91 Å². The van der Waals surface area contributed by atoms with Crippen molar-refractivity contribution < 1.29 is 9.59 Å². The number of Topliss-reactive ketones (excluding diaryl/α,β-unsaturated/α-hetero) is 1. The summed E-state index contributed by atoms with van der Waals surface area (Å²) >= 11 is 0. The molecule has 80 valence electrons. The average Bonchev–Trinajstić information content (AvgIpc) is 2.71. The third kappa shape index (κ3) is 4.40. The maximum absolute atomic E-state index is 10.6. The summed E-state index contributed by atoms with van der Waals surface area (Å²) in [5, 5.41) is 2.68. The van der Waals surface area contributed by atoms with Gasteiger partial charge in [0, 0.05) is 18.5 Å². The van der Waals surface area contributed by atoms with E-state index in [4.69, 9.17) is 0 Å². The summed E-state index contributed by atoms with van der Waals surface area (Å²) in [4.78, 5) is 20.8. The van der Waals surface area contributed by atoms with Gasteiger partial charge in [-0.05, 0) is 13.3 Å². The molecule has 2 rings (SSSR count). The Bertz CT molecular complexity index is 325. The summed E-state index contributed by atoms with van der Waals surface area (Å²) in [7, 11) is 0. The van der Waals surface area contributed by atoms with Gasteiger partial charge in [-0.15, -0.1) is 0 Å². The van der Waals surface area contributed by atoms with Crippen LogP contribution in [0.4, 0.5) is 0 Å². The molecule has 0 spiro atoms.